The minimum absolute atomic E-state index is 0. The standard InChI is InChI=1S/C13H22N4O.2ClH/c1-10-12(17-9-16-10)8-15-13(18)3-2-11-4-6-14-7-5-11;;/h9,11,14H,2-8H2,1H3,(H,15,18)(H,16,17);2*1H. The minimum Gasteiger partial charge on any atom is -0.350 e. The van der Waals surface area contributed by atoms with E-state index in [1.54, 1.807) is 6.33 Å². The minimum atomic E-state index is 0. The topological polar surface area (TPSA) is 69.8 Å². The summed E-state index contributed by atoms with van der Waals surface area (Å²) in [6.45, 7) is 4.68. The Morgan fingerprint density at radius 1 is 1.40 bits per heavy atom. The Labute approximate surface area is 132 Å². The highest BCUT2D eigenvalue weighted by molar-refractivity contribution is 5.85. The zero-order valence-corrected chi connectivity index (χ0v) is 13.4. The first kappa shape index (κ1) is 19.2. The van der Waals surface area contributed by atoms with Gasteiger partial charge in [0.1, 0.15) is 0 Å². The molecule has 1 saturated heterocycles. The molecule has 0 aliphatic carbocycles. The average Bonchev–Trinajstić information content (AvgIpc) is 2.81. The fourth-order valence-electron chi connectivity index (χ4n) is 2.34. The lowest BCUT2D eigenvalue weighted by atomic mass is 9.93. The molecule has 20 heavy (non-hydrogen) atoms. The molecule has 1 aromatic rings. The van der Waals surface area contributed by atoms with E-state index in [1.807, 2.05) is 6.92 Å². The summed E-state index contributed by atoms with van der Waals surface area (Å²) in [6, 6.07) is 0. The Morgan fingerprint density at radius 2 is 2.10 bits per heavy atom. The number of piperidine rings is 1. The maximum Gasteiger partial charge on any atom is 0.220 e. The molecule has 1 aliphatic rings. The molecule has 3 N–H and O–H groups in total. The van der Waals surface area contributed by atoms with Gasteiger partial charge in [-0.15, -0.1) is 24.8 Å². The molecule has 0 unspecified atom stereocenters. The number of nitrogens with one attached hydrogen (secondary N) is 3. The largest absolute Gasteiger partial charge is 0.350 e. The normalized spacial score (nSPS) is 15.1. The number of hydrogen-bond donors (Lipinski definition) is 3. The SMILES string of the molecule is Cc1[nH]cnc1CNC(=O)CCC1CCNCC1.Cl.Cl. The molecule has 5 nitrogen and oxygen atoms in total. The van der Waals surface area contributed by atoms with Crippen molar-refractivity contribution < 1.29 is 4.79 Å². The molecule has 0 saturated carbocycles. The van der Waals surface area contributed by atoms with Crippen LogP contribution in [-0.4, -0.2) is 29.0 Å². The van der Waals surface area contributed by atoms with Crippen LogP contribution in [0.1, 0.15) is 37.1 Å². The summed E-state index contributed by atoms with van der Waals surface area (Å²) in [4.78, 5) is 18.9. The number of imidazole rings is 1. The molecule has 1 aromatic heterocycles. The van der Waals surface area contributed by atoms with E-state index < -0.39 is 0 Å². The first-order valence-electron chi connectivity index (χ1n) is 6.72. The fourth-order valence-corrected chi connectivity index (χ4v) is 2.34. The van der Waals surface area contributed by atoms with Crippen LogP contribution in [0, 0.1) is 12.8 Å². The van der Waals surface area contributed by atoms with Crippen molar-refractivity contribution in [3.05, 3.63) is 17.7 Å². The van der Waals surface area contributed by atoms with Crippen molar-refractivity contribution in [3.8, 4) is 0 Å². The van der Waals surface area contributed by atoms with Crippen LogP contribution in [0.25, 0.3) is 0 Å². The molecular formula is C13H24Cl2N4O. The zero-order valence-electron chi connectivity index (χ0n) is 11.8. The molecule has 1 fully saturated rings. The Bertz CT molecular complexity index is 391. The van der Waals surface area contributed by atoms with Gasteiger partial charge in [-0.05, 0) is 45.2 Å². The third-order valence-corrected chi connectivity index (χ3v) is 3.63. The smallest absolute Gasteiger partial charge is 0.220 e. The molecule has 0 bridgehead atoms. The maximum absolute atomic E-state index is 11.7. The van der Waals surface area contributed by atoms with E-state index in [-0.39, 0.29) is 30.7 Å². The van der Waals surface area contributed by atoms with Crippen molar-refractivity contribution in [1.82, 2.24) is 20.6 Å². The monoisotopic (exact) mass is 322 g/mol. The Balaban J connectivity index is 0.00000180. The van der Waals surface area contributed by atoms with Crippen molar-refractivity contribution in [2.75, 3.05) is 13.1 Å². The van der Waals surface area contributed by atoms with E-state index in [1.165, 1.54) is 12.8 Å². The van der Waals surface area contributed by atoms with Gasteiger partial charge in [-0.2, -0.15) is 0 Å². The highest BCUT2D eigenvalue weighted by Crippen LogP contribution is 2.17. The molecular weight excluding hydrogens is 299 g/mol. The summed E-state index contributed by atoms with van der Waals surface area (Å²) in [6.07, 6.45) is 5.70. The number of carbonyl (C=O) groups is 1. The first-order chi connectivity index (χ1) is 8.75. The van der Waals surface area contributed by atoms with Crippen LogP contribution in [0.5, 0.6) is 0 Å². The molecule has 0 aromatic carbocycles. The number of aromatic nitrogens is 2. The number of carbonyl (C=O) groups excluding carboxylic acids is 1. The quantitative estimate of drug-likeness (QED) is 0.776. The second-order valence-corrected chi connectivity index (χ2v) is 4.98. The van der Waals surface area contributed by atoms with Gasteiger partial charge in [-0.25, -0.2) is 4.98 Å². The first-order valence-corrected chi connectivity index (χ1v) is 6.72. The summed E-state index contributed by atoms with van der Waals surface area (Å²) < 4.78 is 0. The molecule has 0 spiro atoms. The number of amides is 1. The molecule has 1 aliphatic heterocycles. The maximum atomic E-state index is 11.7. The molecule has 116 valence electrons. The van der Waals surface area contributed by atoms with Crippen LogP contribution in [0.4, 0.5) is 0 Å². The zero-order chi connectivity index (χ0) is 12.8. The lowest BCUT2D eigenvalue weighted by Crippen LogP contribution is -2.29. The number of nitrogens with zero attached hydrogens (tertiary/aromatic N) is 1. The number of aryl methyl sites for hydroxylation is 1. The molecule has 7 heteroatoms. The molecule has 2 heterocycles. The lowest BCUT2D eigenvalue weighted by molar-refractivity contribution is -0.121. The van der Waals surface area contributed by atoms with Gasteiger partial charge in [0.05, 0.1) is 18.6 Å². The Hall–Kier alpha value is -0.780. The lowest BCUT2D eigenvalue weighted by Gasteiger charge is -2.22. The average molecular weight is 323 g/mol. The van der Waals surface area contributed by atoms with Crippen LogP contribution < -0.4 is 10.6 Å². The van der Waals surface area contributed by atoms with Crippen molar-refractivity contribution in [3.63, 3.8) is 0 Å². The van der Waals surface area contributed by atoms with Crippen molar-refractivity contribution in [2.45, 2.75) is 39.2 Å². The van der Waals surface area contributed by atoms with Crippen LogP contribution in [0.3, 0.4) is 0 Å². The molecule has 1 amide bonds. The van der Waals surface area contributed by atoms with Crippen LogP contribution >= 0.6 is 24.8 Å². The summed E-state index contributed by atoms with van der Waals surface area (Å²) >= 11 is 0. The van der Waals surface area contributed by atoms with E-state index in [4.69, 9.17) is 0 Å². The Morgan fingerprint density at radius 3 is 2.70 bits per heavy atom. The van der Waals surface area contributed by atoms with Crippen molar-refractivity contribution >= 4 is 30.7 Å². The second-order valence-electron chi connectivity index (χ2n) is 4.98. The predicted molar refractivity (Wildman–Crippen MR) is 84.5 cm³/mol. The highest BCUT2D eigenvalue weighted by Gasteiger charge is 2.14. The van der Waals surface area contributed by atoms with Gasteiger partial charge in [0, 0.05) is 12.1 Å². The van der Waals surface area contributed by atoms with Gasteiger partial charge < -0.3 is 15.6 Å². The van der Waals surface area contributed by atoms with E-state index in [0.717, 1.165) is 30.9 Å². The van der Waals surface area contributed by atoms with Gasteiger partial charge >= 0.3 is 0 Å². The number of halogens is 2. The summed E-state index contributed by atoms with van der Waals surface area (Å²) in [7, 11) is 0. The highest BCUT2D eigenvalue weighted by atomic mass is 35.5. The van der Waals surface area contributed by atoms with Gasteiger partial charge in [0.15, 0.2) is 0 Å². The third kappa shape index (κ3) is 6.11. The molecule has 0 atom stereocenters. The van der Waals surface area contributed by atoms with E-state index in [2.05, 4.69) is 20.6 Å². The third-order valence-electron chi connectivity index (χ3n) is 3.63. The van der Waals surface area contributed by atoms with Gasteiger partial charge in [0.2, 0.25) is 5.91 Å². The predicted octanol–water partition coefficient (Wildman–Crippen LogP) is 1.96. The van der Waals surface area contributed by atoms with Gasteiger partial charge in [0.25, 0.3) is 0 Å². The summed E-state index contributed by atoms with van der Waals surface area (Å²) in [5, 5.41) is 6.27. The number of H-pyrrole nitrogens is 1. The van der Waals surface area contributed by atoms with Gasteiger partial charge in [-0.3, -0.25) is 4.79 Å². The second kappa shape index (κ2) is 10.0. The number of rotatable bonds is 5. The molecule has 0 radical (unpaired) electrons. The number of aromatic amines is 1. The summed E-state index contributed by atoms with van der Waals surface area (Å²) in [5.74, 6) is 0.847. The van der Waals surface area contributed by atoms with Crippen molar-refractivity contribution in [2.24, 2.45) is 5.92 Å². The van der Waals surface area contributed by atoms with E-state index in [9.17, 15) is 4.79 Å². The Kier molecular flexibility index (Phi) is 9.63. The van der Waals surface area contributed by atoms with Gasteiger partial charge in [-0.1, -0.05) is 0 Å². The number of hydrogen-bond acceptors (Lipinski definition) is 3. The fraction of sp³-hybridized carbons (Fsp3) is 0.692. The van der Waals surface area contributed by atoms with Crippen LogP contribution in [-0.2, 0) is 11.3 Å². The van der Waals surface area contributed by atoms with Crippen LogP contribution in [0.15, 0.2) is 6.33 Å². The van der Waals surface area contributed by atoms with E-state index in [0.29, 0.717) is 18.9 Å². The van der Waals surface area contributed by atoms with Crippen molar-refractivity contribution in [1.29, 1.82) is 0 Å². The van der Waals surface area contributed by atoms with Crippen LogP contribution in [0.2, 0.25) is 0 Å². The van der Waals surface area contributed by atoms with E-state index >= 15 is 0 Å². The summed E-state index contributed by atoms with van der Waals surface area (Å²) in [5.41, 5.74) is 1.94. The molecule has 2 rings (SSSR count).